The van der Waals surface area contributed by atoms with Gasteiger partial charge in [-0.2, -0.15) is 0 Å². The van der Waals surface area contributed by atoms with Crippen LogP contribution >= 0.6 is 0 Å². The van der Waals surface area contributed by atoms with Crippen molar-refractivity contribution in [2.75, 3.05) is 11.9 Å². The molecule has 0 fully saturated rings. The topological polar surface area (TPSA) is 232 Å². The molecule has 3 amide bonds. The largest absolute Gasteiger partial charge is 0.480 e. The first-order valence-corrected chi connectivity index (χ1v) is 12.1. The van der Waals surface area contributed by atoms with Gasteiger partial charge in [0.05, 0.1) is 11.7 Å². The minimum absolute atomic E-state index is 0.00786. The number of hydrogen-bond donors (Lipinski definition) is 7. The van der Waals surface area contributed by atoms with Gasteiger partial charge in [0, 0.05) is 18.5 Å². The lowest BCUT2D eigenvalue weighted by atomic mass is 10.00. The summed E-state index contributed by atoms with van der Waals surface area (Å²) >= 11 is 0. The molecule has 0 radical (unpaired) electrons. The molecule has 2 rings (SSSR count). The summed E-state index contributed by atoms with van der Waals surface area (Å²) in [4.78, 5) is 65.7. The average Bonchev–Trinajstić information content (AvgIpc) is 2.90. The van der Waals surface area contributed by atoms with E-state index in [1.165, 1.54) is 12.1 Å². The maximum absolute atomic E-state index is 13.2. The third kappa shape index (κ3) is 10.2. The van der Waals surface area contributed by atoms with Gasteiger partial charge in [0.2, 0.25) is 18.2 Å². The summed E-state index contributed by atoms with van der Waals surface area (Å²) in [6.07, 6.45) is 0.293. The lowest BCUT2D eigenvalue weighted by Crippen LogP contribution is -2.55. The lowest BCUT2D eigenvalue weighted by molar-refractivity contribution is -0.142. The number of rotatable bonds is 16. The maximum atomic E-state index is 13.2. The molecule has 0 bridgehead atoms. The van der Waals surface area contributed by atoms with Crippen molar-refractivity contribution >= 4 is 41.6 Å². The fraction of sp³-hybridized carbons (Fsp3) is 0.308. The van der Waals surface area contributed by atoms with Gasteiger partial charge < -0.3 is 38.3 Å². The van der Waals surface area contributed by atoms with Gasteiger partial charge >= 0.3 is 5.97 Å². The first-order valence-electron chi connectivity index (χ1n) is 12.1. The van der Waals surface area contributed by atoms with E-state index in [1.807, 2.05) is 6.07 Å². The summed E-state index contributed by atoms with van der Waals surface area (Å²) in [6.45, 7) is 0.148. The van der Waals surface area contributed by atoms with Crippen LogP contribution in [0.25, 0.3) is 0 Å². The van der Waals surface area contributed by atoms with Crippen molar-refractivity contribution in [3.63, 3.8) is 0 Å². The first-order chi connectivity index (χ1) is 18.6. The number of nitrogens with two attached hydrogens (primary N) is 3. The van der Waals surface area contributed by atoms with Crippen LogP contribution in [0.1, 0.15) is 35.2 Å². The number of carboxylic acid groups (broad SMARTS) is 1. The number of amides is 3. The van der Waals surface area contributed by atoms with Crippen LogP contribution in [-0.4, -0.2) is 65.7 Å². The SMILES string of the molecule is NC(N)=NCCCC(NC(=O)C(CC(=O)c1ccccc1NC=O)NC(=O)C(N)Cc1ccccc1)C(=O)O. The summed E-state index contributed by atoms with van der Waals surface area (Å²) in [5, 5.41) is 16.8. The Morgan fingerprint density at radius 1 is 0.923 bits per heavy atom. The molecule has 3 atom stereocenters. The number of carbonyl (C=O) groups excluding carboxylic acids is 4. The van der Waals surface area contributed by atoms with E-state index >= 15 is 0 Å². The van der Waals surface area contributed by atoms with Gasteiger partial charge in [0.1, 0.15) is 12.1 Å². The molecule has 0 aliphatic heterocycles. The molecule has 0 aliphatic carbocycles. The van der Waals surface area contributed by atoms with Crippen molar-refractivity contribution in [2.45, 2.75) is 43.8 Å². The monoisotopic (exact) mass is 539 g/mol. The average molecular weight is 540 g/mol. The van der Waals surface area contributed by atoms with Crippen LogP contribution < -0.4 is 33.2 Å². The Balaban J connectivity index is 2.22. The van der Waals surface area contributed by atoms with Crippen LogP contribution in [0.5, 0.6) is 0 Å². The molecule has 10 N–H and O–H groups in total. The summed E-state index contributed by atoms with van der Waals surface area (Å²) in [5.41, 5.74) is 17.7. The molecule has 2 aromatic carbocycles. The van der Waals surface area contributed by atoms with E-state index in [0.717, 1.165) is 5.56 Å². The highest BCUT2D eigenvalue weighted by atomic mass is 16.4. The van der Waals surface area contributed by atoms with Crippen molar-refractivity contribution < 1.29 is 29.1 Å². The van der Waals surface area contributed by atoms with Crippen molar-refractivity contribution in [2.24, 2.45) is 22.2 Å². The number of nitrogens with one attached hydrogen (secondary N) is 3. The second-order valence-corrected chi connectivity index (χ2v) is 8.64. The minimum atomic E-state index is -1.45. The number of carbonyl (C=O) groups is 5. The molecule has 13 nitrogen and oxygen atoms in total. The van der Waals surface area contributed by atoms with Gasteiger partial charge in [-0.15, -0.1) is 0 Å². The highest BCUT2D eigenvalue weighted by Gasteiger charge is 2.30. The molecular formula is C26H33N7O6. The van der Waals surface area contributed by atoms with Crippen molar-refractivity contribution in [3.05, 3.63) is 65.7 Å². The molecule has 0 heterocycles. The highest BCUT2D eigenvalue weighted by molar-refractivity contribution is 6.05. The zero-order chi connectivity index (χ0) is 28.8. The summed E-state index contributed by atoms with van der Waals surface area (Å²) in [6, 6.07) is 11.3. The van der Waals surface area contributed by atoms with Crippen molar-refractivity contribution in [1.82, 2.24) is 10.6 Å². The number of Topliss-reactive ketones (excluding diaryl/α,β-unsaturated/α-hetero) is 1. The normalized spacial score (nSPS) is 12.7. The van der Waals surface area contributed by atoms with E-state index in [4.69, 9.17) is 17.2 Å². The predicted octanol–water partition coefficient (Wildman–Crippen LogP) is -0.494. The third-order valence-electron chi connectivity index (χ3n) is 5.66. The number of ketones is 1. The fourth-order valence-electron chi connectivity index (χ4n) is 3.69. The van der Waals surface area contributed by atoms with E-state index in [9.17, 15) is 29.1 Å². The molecule has 0 aliphatic rings. The summed E-state index contributed by atoms with van der Waals surface area (Å²) in [5.74, 6) is -3.63. The summed E-state index contributed by atoms with van der Waals surface area (Å²) in [7, 11) is 0. The highest BCUT2D eigenvalue weighted by Crippen LogP contribution is 2.17. The van der Waals surface area contributed by atoms with Crippen LogP contribution in [0.15, 0.2) is 59.6 Å². The zero-order valence-electron chi connectivity index (χ0n) is 21.2. The standard InChI is InChI=1S/C26H33N7O6/c27-18(13-16-7-2-1-3-8-16)23(36)33-21(14-22(35)17-9-4-5-10-19(17)31-15-34)24(37)32-20(25(38)39)11-6-12-30-26(28)29/h1-5,7-10,15,18,20-21H,6,11-14,27H2,(H,31,34)(H,32,37)(H,33,36)(H,38,39)(H4,28,29,30). The zero-order valence-corrected chi connectivity index (χ0v) is 21.2. The number of guanidine groups is 1. The molecule has 0 saturated heterocycles. The quantitative estimate of drug-likeness (QED) is 0.0478. The van der Waals surface area contributed by atoms with E-state index in [2.05, 4.69) is 20.9 Å². The molecule has 2 aromatic rings. The van der Waals surface area contributed by atoms with Crippen molar-refractivity contribution in [3.8, 4) is 0 Å². The first kappa shape index (κ1) is 30.4. The Labute approximate surface area is 225 Å². The van der Waals surface area contributed by atoms with Gasteiger partial charge in [-0.05, 0) is 37.0 Å². The van der Waals surface area contributed by atoms with Gasteiger partial charge in [0.25, 0.3) is 0 Å². The van der Waals surface area contributed by atoms with Gasteiger partial charge in [-0.1, -0.05) is 42.5 Å². The molecule has 0 saturated carbocycles. The van der Waals surface area contributed by atoms with Gasteiger partial charge in [-0.25, -0.2) is 4.79 Å². The molecule has 3 unspecified atom stereocenters. The van der Waals surface area contributed by atoms with E-state index in [0.29, 0.717) is 6.41 Å². The number of benzene rings is 2. The molecular weight excluding hydrogens is 506 g/mol. The Morgan fingerprint density at radius 3 is 2.21 bits per heavy atom. The van der Waals surface area contributed by atoms with Crippen LogP contribution in [0.2, 0.25) is 0 Å². The second kappa shape index (κ2) is 15.5. The predicted molar refractivity (Wildman–Crippen MR) is 145 cm³/mol. The number of aliphatic imine (C=N–C) groups is 1. The van der Waals surface area contributed by atoms with Crippen LogP contribution in [0, 0.1) is 0 Å². The molecule has 0 spiro atoms. The second-order valence-electron chi connectivity index (χ2n) is 8.64. The Morgan fingerprint density at radius 2 is 1.56 bits per heavy atom. The van der Waals surface area contributed by atoms with Crippen LogP contribution in [-0.2, 0) is 25.6 Å². The van der Waals surface area contributed by atoms with E-state index in [-0.39, 0.29) is 43.0 Å². The van der Waals surface area contributed by atoms with Crippen LogP contribution in [0.3, 0.4) is 0 Å². The van der Waals surface area contributed by atoms with Crippen molar-refractivity contribution in [1.29, 1.82) is 0 Å². The molecule has 208 valence electrons. The molecule has 39 heavy (non-hydrogen) atoms. The molecule has 13 heteroatoms. The maximum Gasteiger partial charge on any atom is 0.326 e. The number of para-hydroxylation sites is 1. The lowest BCUT2D eigenvalue weighted by Gasteiger charge is -2.23. The third-order valence-corrected chi connectivity index (χ3v) is 5.66. The van der Waals surface area contributed by atoms with E-state index < -0.39 is 48.1 Å². The minimum Gasteiger partial charge on any atom is -0.480 e. The number of hydrogen-bond acceptors (Lipinski definition) is 7. The number of carboxylic acids is 1. The smallest absolute Gasteiger partial charge is 0.326 e. The Kier molecular flexibility index (Phi) is 12.1. The van der Waals surface area contributed by atoms with Gasteiger partial charge in [0.15, 0.2) is 11.7 Å². The fourth-order valence-corrected chi connectivity index (χ4v) is 3.69. The summed E-state index contributed by atoms with van der Waals surface area (Å²) < 4.78 is 0. The number of nitrogens with zero attached hydrogens (tertiary/aromatic N) is 1. The molecule has 0 aromatic heterocycles. The Bertz CT molecular complexity index is 1180. The Hall–Kier alpha value is -4.78. The van der Waals surface area contributed by atoms with E-state index in [1.54, 1.807) is 36.4 Å². The van der Waals surface area contributed by atoms with Gasteiger partial charge in [-0.3, -0.25) is 24.2 Å². The number of anilines is 1. The van der Waals surface area contributed by atoms with Crippen LogP contribution in [0.4, 0.5) is 5.69 Å². The number of aliphatic carboxylic acids is 1.